The minimum Gasteiger partial charge on any atom is -0.491 e. The molecule has 2 aromatic rings. The van der Waals surface area contributed by atoms with Crippen LogP contribution in [0.5, 0.6) is 5.75 Å². The molecular formula is C24H28FN3O2S. The normalized spacial score (nSPS) is 24.2. The number of benzene rings is 2. The molecule has 2 aliphatic heterocycles. The summed E-state index contributed by atoms with van der Waals surface area (Å²) in [7, 11) is 0. The van der Waals surface area contributed by atoms with Crippen molar-refractivity contribution < 1.29 is 13.9 Å². The lowest BCUT2D eigenvalue weighted by atomic mass is 9.82. The van der Waals surface area contributed by atoms with Gasteiger partial charge in [0.25, 0.3) is 0 Å². The molecule has 164 valence electrons. The van der Waals surface area contributed by atoms with E-state index >= 15 is 0 Å². The smallest absolute Gasteiger partial charge is 0.327 e. The van der Waals surface area contributed by atoms with Gasteiger partial charge in [-0.1, -0.05) is 30.4 Å². The zero-order valence-electron chi connectivity index (χ0n) is 18.1. The summed E-state index contributed by atoms with van der Waals surface area (Å²) in [4.78, 5) is 17.3. The van der Waals surface area contributed by atoms with E-state index in [-0.39, 0.29) is 24.0 Å². The van der Waals surface area contributed by atoms with Crippen LogP contribution in [0.3, 0.4) is 0 Å². The van der Waals surface area contributed by atoms with Gasteiger partial charge in [-0.05, 0) is 69.5 Å². The molecule has 0 unspecified atom stereocenters. The summed E-state index contributed by atoms with van der Waals surface area (Å²) in [5.41, 5.74) is 1.10. The van der Waals surface area contributed by atoms with E-state index in [2.05, 4.69) is 29.3 Å². The summed E-state index contributed by atoms with van der Waals surface area (Å²) in [5, 5.41) is 2.82. The largest absolute Gasteiger partial charge is 0.491 e. The summed E-state index contributed by atoms with van der Waals surface area (Å²) < 4.78 is 19.7. The fourth-order valence-corrected chi connectivity index (χ4v) is 5.05. The number of rotatable bonds is 5. The lowest BCUT2D eigenvalue weighted by Crippen LogP contribution is -2.58. The van der Waals surface area contributed by atoms with Crippen LogP contribution in [0, 0.1) is 5.82 Å². The molecule has 0 saturated carbocycles. The van der Waals surface area contributed by atoms with E-state index in [0.717, 1.165) is 18.8 Å². The van der Waals surface area contributed by atoms with Gasteiger partial charge in [-0.25, -0.2) is 9.18 Å². The number of ether oxygens (including phenoxy) is 1. The molecule has 0 aromatic heterocycles. The van der Waals surface area contributed by atoms with E-state index in [1.807, 2.05) is 26.0 Å². The SMILES string of the molecule is CC(C)Oc1cccc(CN2CC[C@]3(C[C@H]2C)C(=S)NC(=O)N3c2cccc(F)c2)c1. The van der Waals surface area contributed by atoms with Crippen molar-refractivity contribution in [1.29, 1.82) is 0 Å². The highest BCUT2D eigenvalue weighted by atomic mass is 32.1. The molecule has 2 aromatic carbocycles. The Morgan fingerprint density at radius 2 is 2.03 bits per heavy atom. The summed E-state index contributed by atoms with van der Waals surface area (Å²) in [6.45, 7) is 7.76. The molecule has 2 fully saturated rings. The molecule has 0 aliphatic carbocycles. The van der Waals surface area contributed by atoms with Gasteiger partial charge in [-0.2, -0.15) is 0 Å². The number of carbonyl (C=O) groups is 1. The topological polar surface area (TPSA) is 44.8 Å². The van der Waals surface area contributed by atoms with Gasteiger partial charge in [-0.3, -0.25) is 15.1 Å². The highest BCUT2D eigenvalue weighted by Gasteiger charge is 2.53. The van der Waals surface area contributed by atoms with Crippen molar-refractivity contribution in [2.45, 2.75) is 57.8 Å². The lowest BCUT2D eigenvalue weighted by Gasteiger charge is -2.46. The highest BCUT2D eigenvalue weighted by molar-refractivity contribution is 7.80. The fourth-order valence-electron chi connectivity index (χ4n) is 4.68. The van der Waals surface area contributed by atoms with Crippen molar-refractivity contribution >= 4 is 28.9 Å². The van der Waals surface area contributed by atoms with Gasteiger partial charge >= 0.3 is 6.03 Å². The van der Waals surface area contributed by atoms with Crippen LogP contribution in [0.15, 0.2) is 48.5 Å². The van der Waals surface area contributed by atoms with Crippen LogP contribution in [-0.4, -0.2) is 40.1 Å². The van der Waals surface area contributed by atoms with Crippen LogP contribution in [0.1, 0.15) is 39.2 Å². The number of hydrogen-bond acceptors (Lipinski definition) is 4. The van der Waals surface area contributed by atoms with Gasteiger partial charge in [0, 0.05) is 24.8 Å². The van der Waals surface area contributed by atoms with E-state index < -0.39 is 5.54 Å². The Balaban J connectivity index is 1.53. The highest BCUT2D eigenvalue weighted by Crippen LogP contribution is 2.40. The Morgan fingerprint density at radius 1 is 1.26 bits per heavy atom. The molecule has 2 atom stereocenters. The van der Waals surface area contributed by atoms with Gasteiger partial charge in [-0.15, -0.1) is 0 Å². The number of anilines is 1. The number of amides is 2. The molecule has 2 saturated heterocycles. The van der Waals surface area contributed by atoms with Crippen molar-refractivity contribution in [3.05, 3.63) is 59.9 Å². The number of piperidine rings is 1. The molecule has 1 spiro atoms. The number of hydrogen-bond donors (Lipinski definition) is 1. The molecule has 5 nitrogen and oxygen atoms in total. The zero-order chi connectivity index (χ0) is 22.2. The third kappa shape index (κ3) is 4.29. The summed E-state index contributed by atoms with van der Waals surface area (Å²) in [6.07, 6.45) is 1.50. The minimum absolute atomic E-state index is 0.131. The Kier molecular flexibility index (Phi) is 5.99. The molecule has 4 rings (SSSR count). The maximum atomic E-state index is 13.9. The molecule has 2 aliphatic rings. The number of halogens is 1. The predicted molar refractivity (Wildman–Crippen MR) is 124 cm³/mol. The van der Waals surface area contributed by atoms with E-state index in [4.69, 9.17) is 17.0 Å². The second kappa shape index (κ2) is 8.55. The van der Waals surface area contributed by atoms with Crippen molar-refractivity contribution in [3.63, 3.8) is 0 Å². The Labute approximate surface area is 188 Å². The van der Waals surface area contributed by atoms with Gasteiger partial charge in [0.2, 0.25) is 0 Å². The van der Waals surface area contributed by atoms with Crippen LogP contribution >= 0.6 is 12.2 Å². The Bertz CT molecular complexity index is 998. The molecular weight excluding hydrogens is 413 g/mol. The second-order valence-corrected chi connectivity index (χ2v) is 9.10. The zero-order valence-corrected chi connectivity index (χ0v) is 18.9. The van der Waals surface area contributed by atoms with Gasteiger partial charge in [0.1, 0.15) is 22.1 Å². The van der Waals surface area contributed by atoms with Crippen LogP contribution in [0.4, 0.5) is 14.9 Å². The summed E-state index contributed by atoms with van der Waals surface area (Å²) >= 11 is 5.61. The molecule has 1 N–H and O–H groups in total. The van der Waals surface area contributed by atoms with Crippen LogP contribution in [0.25, 0.3) is 0 Å². The average molecular weight is 442 g/mol. The third-order valence-electron chi connectivity index (χ3n) is 6.07. The average Bonchev–Trinajstić information content (AvgIpc) is 2.93. The predicted octanol–water partition coefficient (Wildman–Crippen LogP) is 4.89. The van der Waals surface area contributed by atoms with E-state index in [0.29, 0.717) is 23.5 Å². The molecule has 31 heavy (non-hydrogen) atoms. The quantitative estimate of drug-likeness (QED) is 0.671. The van der Waals surface area contributed by atoms with Crippen molar-refractivity contribution in [2.24, 2.45) is 0 Å². The summed E-state index contributed by atoms with van der Waals surface area (Å²) in [6, 6.07) is 14.2. The van der Waals surface area contributed by atoms with E-state index in [1.165, 1.54) is 17.7 Å². The minimum atomic E-state index is -0.626. The van der Waals surface area contributed by atoms with E-state index in [1.54, 1.807) is 17.0 Å². The van der Waals surface area contributed by atoms with Crippen LogP contribution < -0.4 is 15.0 Å². The molecule has 0 radical (unpaired) electrons. The number of nitrogens with one attached hydrogen (secondary N) is 1. The molecule has 2 heterocycles. The van der Waals surface area contributed by atoms with Crippen molar-refractivity contribution in [3.8, 4) is 5.75 Å². The first-order valence-electron chi connectivity index (χ1n) is 10.7. The van der Waals surface area contributed by atoms with Crippen LogP contribution in [-0.2, 0) is 6.54 Å². The van der Waals surface area contributed by atoms with Crippen molar-refractivity contribution in [1.82, 2.24) is 10.2 Å². The third-order valence-corrected chi connectivity index (χ3v) is 6.55. The van der Waals surface area contributed by atoms with Crippen molar-refractivity contribution in [2.75, 3.05) is 11.4 Å². The monoisotopic (exact) mass is 441 g/mol. The number of likely N-dealkylation sites (tertiary alicyclic amines) is 1. The number of carbonyl (C=O) groups excluding carboxylic acids is 1. The Morgan fingerprint density at radius 3 is 2.74 bits per heavy atom. The maximum absolute atomic E-state index is 13.9. The standard InChI is InChI=1S/C24H28FN3O2S/c1-16(2)30-21-9-4-6-18(12-21)15-27-11-10-24(14-17(27)3)22(31)26-23(29)28(24)20-8-5-7-19(25)13-20/h4-9,12-13,16-17H,10-11,14-15H2,1-3H3,(H,26,29,31)/t17-,24+/m1/s1. The maximum Gasteiger partial charge on any atom is 0.327 e. The number of nitrogens with zero attached hydrogens (tertiary/aromatic N) is 2. The number of thiocarbonyl (C=S) groups is 1. The first kappa shape index (κ1) is 21.7. The van der Waals surface area contributed by atoms with E-state index in [9.17, 15) is 9.18 Å². The molecule has 0 bridgehead atoms. The molecule has 7 heteroatoms. The lowest BCUT2D eigenvalue weighted by molar-refractivity contribution is 0.124. The first-order chi connectivity index (χ1) is 14.8. The summed E-state index contributed by atoms with van der Waals surface area (Å²) in [5.74, 6) is 0.505. The van der Waals surface area contributed by atoms with Crippen LogP contribution in [0.2, 0.25) is 0 Å². The number of urea groups is 1. The first-order valence-corrected chi connectivity index (χ1v) is 11.1. The Hall–Kier alpha value is -2.51. The van der Waals surface area contributed by atoms with Gasteiger partial charge in [0.15, 0.2) is 0 Å². The van der Waals surface area contributed by atoms with Gasteiger partial charge < -0.3 is 4.74 Å². The molecule has 2 amide bonds. The second-order valence-electron chi connectivity index (χ2n) is 8.69. The van der Waals surface area contributed by atoms with Gasteiger partial charge in [0.05, 0.1) is 6.10 Å². The fraction of sp³-hybridized carbons (Fsp3) is 0.417.